The number of Topliss-reactive ketones (excluding diaryl/α,β-unsaturated/α-hetero) is 1. The molecule has 0 aliphatic rings. The van der Waals surface area contributed by atoms with Crippen LogP contribution in [-0.2, 0) is 4.79 Å². The van der Waals surface area contributed by atoms with Crippen molar-refractivity contribution in [2.45, 2.75) is 25.2 Å². The van der Waals surface area contributed by atoms with Crippen LogP contribution in [0.4, 0.5) is 0 Å². The van der Waals surface area contributed by atoms with E-state index in [-0.39, 0.29) is 0 Å². The Bertz CT molecular complexity index is 137. The first-order valence-corrected chi connectivity index (χ1v) is 3.27. The molecule has 66 valence electrons. The maximum Gasteiger partial charge on any atom is 0.182 e. The monoisotopic (exact) mass is 163 g/mol. The zero-order chi connectivity index (χ0) is 9.02. The van der Waals surface area contributed by atoms with Crippen molar-refractivity contribution < 1.29 is 20.1 Å². The maximum absolute atomic E-state index is 10.8. The van der Waals surface area contributed by atoms with E-state index < -0.39 is 30.6 Å². The summed E-state index contributed by atoms with van der Waals surface area (Å²) in [6, 6.07) is -1.13. The number of carbonyl (C=O) groups excluding carboxylic acids is 1. The molecule has 0 saturated carbocycles. The van der Waals surface area contributed by atoms with Gasteiger partial charge < -0.3 is 21.1 Å². The molecule has 0 amide bonds. The van der Waals surface area contributed by atoms with E-state index in [0.717, 1.165) is 0 Å². The summed E-state index contributed by atoms with van der Waals surface area (Å²) in [7, 11) is 0. The molecule has 0 rings (SSSR count). The molecule has 0 aliphatic carbocycles. The van der Waals surface area contributed by atoms with Crippen LogP contribution in [-0.4, -0.2) is 46.0 Å². The molecule has 0 radical (unpaired) electrons. The molecule has 0 spiro atoms. The van der Waals surface area contributed by atoms with Crippen molar-refractivity contribution in [3.63, 3.8) is 0 Å². The summed E-state index contributed by atoms with van der Waals surface area (Å²) in [4.78, 5) is 10.8. The lowest BCUT2D eigenvalue weighted by molar-refractivity contribution is -0.132. The minimum Gasteiger partial charge on any atom is -0.393 e. The predicted molar refractivity (Wildman–Crippen MR) is 37.8 cm³/mol. The van der Waals surface area contributed by atoms with Gasteiger partial charge in [-0.05, 0) is 6.92 Å². The van der Waals surface area contributed by atoms with Crippen LogP contribution >= 0.6 is 0 Å². The molecule has 0 aliphatic heterocycles. The SMILES string of the molecule is C[C@H](O)[C@H](N)C(=O)[C@H](O)CO. The Morgan fingerprint density at radius 2 is 2.00 bits per heavy atom. The van der Waals surface area contributed by atoms with Crippen molar-refractivity contribution in [2.24, 2.45) is 5.73 Å². The molecule has 0 bridgehead atoms. The standard InChI is InChI=1S/C6H13NO4/c1-3(9)5(7)6(11)4(10)2-8/h3-5,8-10H,2,7H2,1H3/t3-,4+,5-/m0/s1. The zero-order valence-electron chi connectivity index (χ0n) is 6.27. The summed E-state index contributed by atoms with van der Waals surface area (Å²) in [6.07, 6.45) is -2.50. The third kappa shape index (κ3) is 2.94. The van der Waals surface area contributed by atoms with E-state index in [4.69, 9.17) is 21.1 Å². The second kappa shape index (κ2) is 4.40. The molecule has 0 aromatic heterocycles. The van der Waals surface area contributed by atoms with Gasteiger partial charge in [0.25, 0.3) is 0 Å². The van der Waals surface area contributed by atoms with Gasteiger partial charge in [-0.2, -0.15) is 0 Å². The Morgan fingerprint density at radius 3 is 2.27 bits per heavy atom. The molecule has 0 heterocycles. The second-order valence-corrected chi connectivity index (χ2v) is 2.37. The van der Waals surface area contributed by atoms with Gasteiger partial charge in [-0.3, -0.25) is 4.79 Å². The summed E-state index contributed by atoms with van der Waals surface area (Å²) >= 11 is 0. The quantitative estimate of drug-likeness (QED) is 0.370. The maximum atomic E-state index is 10.8. The molecule has 0 saturated heterocycles. The first kappa shape index (κ1) is 10.5. The molecule has 0 fully saturated rings. The highest BCUT2D eigenvalue weighted by Crippen LogP contribution is 1.95. The van der Waals surface area contributed by atoms with E-state index in [9.17, 15) is 4.79 Å². The summed E-state index contributed by atoms with van der Waals surface area (Å²) in [5.74, 6) is -0.748. The number of carbonyl (C=O) groups is 1. The average molecular weight is 163 g/mol. The second-order valence-electron chi connectivity index (χ2n) is 2.37. The van der Waals surface area contributed by atoms with Gasteiger partial charge >= 0.3 is 0 Å². The number of nitrogens with two attached hydrogens (primary N) is 1. The summed E-state index contributed by atoms with van der Waals surface area (Å²) in [5.41, 5.74) is 5.17. The zero-order valence-corrected chi connectivity index (χ0v) is 6.27. The van der Waals surface area contributed by atoms with Crippen LogP contribution in [0.2, 0.25) is 0 Å². The van der Waals surface area contributed by atoms with Crippen molar-refractivity contribution in [1.29, 1.82) is 0 Å². The van der Waals surface area contributed by atoms with Crippen LogP contribution in [0.3, 0.4) is 0 Å². The number of hydrogen-bond donors (Lipinski definition) is 4. The van der Waals surface area contributed by atoms with Crippen LogP contribution in [0.25, 0.3) is 0 Å². The largest absolute Gasteiger partial charge is 0.393 e. The van der Waals surface area contributed by atoms with E-state index in [0.29, 0.717) is 0 Å². The van der Waals surface area contributed by atoms with Crippen molar-refractivity contribution in [1.82, 2.24) is 0 Å². The third-order valence-electron chi connectivity index (χ3n) is 1.35. The normalized spacial score (nSPS) is 19.0. The molecule has 5 N–H and O–H groups in total. The summed E-state index contributed by atoms with van der Waals surface area (Å²) < 4.78 is 0. The van der Waals surface area contributed by atoms with E-state index >= 15 is 0 Å². The fourth-order valence-electron chi connectivity index (χ4n) is 0.550. The Balaban J connectivity index is 4.02. The number of hydrogen-bond acceptors (Lipinski definition) is 5. The van der Waals surface area contributed by atoms with Crippen molar-refractivity contribution in [3.8, 4) is 0 Å². The van der Waals surface area contributed by atoms with Gasteiger partial charge in [0.2, 0.25) is 0 Å². The highest BCUT2D eigenvalue weighted by Gasteiger charge is 2.24. The molecule has 5 nitrogen and oxygen atoms in total. The molecule has 0 aromatic carbocycles. The highest BCUT2D eigenvalue weighted by atomic mass is 16.3. The fourth-order valence-corrected chi connectivity index (χ4v) is 0.550. The Kier molecular flexibility index (Phi) is 4.20. The molecule has 0 aromatic rings. The fraction of sp³-hybridized carbons (Fsp3) is 0.833. The first-order valence-electron chi connectivity index (χ1n) is 3.27. The van der Waals surface area contributed by atoms with Gasteiger partial charge in [0.15, 0.2) is 5.78 Å². The van der Waals surface area contributed by atoms with Gasteiger partial charge in [0.05, 0.1) is 18.8 Å². The topological polar surface area (TPSA) is 104 Å². The van der Waals surface area contributed by atoms with Gasteiger partial charge in [-0.25, -0.2) is 0 Å². The third-order valence-corrected chi connectivity index (χ3v) is 1.35. The van der Waals surface area contributed by atoms with Crippen molar-refractivity contribution >= 4 is 5.78 Å². The molecule has 11 heavy (non-hydrogen) atoms. The molecular weight excluding hydrogens is 150 g/mol. The Labute approximate surface area is 64.4 Å². The lowest BCUT2D eigenvalue weighted by atomic mass is 10.0. The van der Waals surface area contributed by atoms with Crippen LogP contribution in [0.5, 0.6) is 0 Å². The molecule has 3 atom stereocenters. The minimum absolute atomic E-state index is 0.667. The van der Waals surface area contributed by atoms with E-state index in [1.807, 2.05) is 0 Å². The van der Waals surface area contributed by atoms with Crippen LogP contribution in [0, 0.1) is 0 Å². The van der Waals surface area contributed by atoms with E-state index in [2.05, 4.69) is 0 Å². The number of rotatable bonds is 4. The molecule has 5 heteroatoms. The van der Waals surface area contributed by atoms with E-state index in [1.165, 1.54) is 6.92 Å². The van der Waals surface area contributed by atoms with Crippen molar-refractivity contribution in [2.75, 3.05) is 6.61 Å². The van der Waals surface area contributed by atoms with E-state index in [1.54, 1.807) is 0 Å². The van der Waals surface area contributed by atoms with Gasteiger partial charge in [-0.1, -0.05) is 0 Å². The van der Waals surface area contributed by atoms with Crippen LogP contribution < -0.4 is 5.73 Å². The average Bonchev–Trinajstić information content (AvgIpc) is 2.00. The highest BCUT2D eigenvalue weighted by molar-refractivity contribution is 5.88. The number of aliphatic hydroxyl groups excluding tert-OH is 3. The Hall–Kier alpha value is -0.490. The predicted octanol–water partition coefficient (Wildman–Crippen LogP) is -2.38. The first-order chi connectivity index (χ1) is 5.00. The summed E-state index contributed by atoms with van der Waals surface area (Å²) in [6.45, 7) is 0.673. The smallest absolute Gasteiger partial charge is 0.182 e. The molecular formula is C6H13NO4. The number of aliphatic hydroxyl groups is 3. The molecule has 0 unspecified atom stereocenters. The van der Waals surface area contributed by atoms with Crippen LogP contribution in [0.15, 0.2) is 0 Å². The van der Waals surface area contributed by atoms with Gasteiger partial charge in [0.1, 0.15) is 6.10 Å². The van der Waals surface area contributed by atoms with Gasteiger partial charge in [0, 0.05) is 0 Å². The lowest BCUT2D eigenvalue weighted by Gasteiger charge is -2.15. The summed E-state index contributed by atoms with van der Waals surface area (Å²) in [5, 5.41) is 25.9. The van der Waals surface area contributed by atoms with Gasteiger partial charge in [-0.15, -0.1) is 0 Å². The number of ketones is 1. The van der Waals surface area contributed by atoms with Crippen LogP contribution in [0.1, 0.15) is 6.92 Å². The minimum atomic E-state index is -1.49. The Morgan fingerprint density at radius 1 is 1.55 bits per heavy atom. The van der Waals surface area contributed by atoms with Crippen molar-refractivity contribution in [3.05, 3.63) is 0 Å². The lowest BCUT2D eigenvalue weighted by Crippen LogP contribution is -2.46.